The van der Waals surface area contributed by atoms with Crippen molar-refractivity contribution in [2.45, 2.75) is 45.3 Å². The second kappa shape index (κ2) is 6.97. The number of aromatic nitrogens is 1. The van der Waals surface area contributed by atoms with Gasteiger partial charge in [0.2, 0.25) is 0 Å². The molecule has 2 amide bonds. The molecule has 2 aromatic rings. The maximum atomic E-state index is 13.3. The van der Waals surface area contributed by atoms with Gasteiger partial charge in [0, 0.05) is 30.0 Å². The van der Waals surface area contributed by atoms with E-state index in [2.05, 4.69) is 10.3 Å². The number of H-pyrrole nitrogens is 1. The fourth-order valence-electron chi connectivity index (χ4n) is 3.02. The van der Waals surface area contributed by atoms with Crippen LogP contribution in [-0.2, 0) is 4.74 Å². The monoisotopic (exact) mass is 361 g/mol. The predicted molar refractivity (Wildman–Crippen MR) is 96.6 cm³/mol. The van der Waals surface area contributed by atoms with Crippen molar-refractivity contribution >= 4 is 22.9 Å². The standard InChI is InChI=1S/C19H24FN3O3/c1-19(2,3)26-18(25)23-8-6-14(7-9-23)21-17(24)16-11-12-10-13(20)4-5-15(12)22-16/h4-5,10-11,14,22H,6-9H2,1-3H3,(H,21,24). The number of nitrogens with zero attached hydrogens (tertiary/aromatic N) is 1. The molecule has 1 aromatic carbocycles. The van der Waals surface area contributed by atoms with E-state index in [0.717, 1.165) is 5.52 Å². The van der Waals surface area contributed by atoms with E-state index in [1.807, 2.05) is 20.8 Å². The first-order chi connectivity index (χ1) is 12.2. The summed E-state index contributed by atoms with van der Waals surface area (Å²) < 4.78 is 18.6. The van der Waals surface area contributed by atoms with Crippen LogP contribution >= 0.6 is 0 Å². The van der Waals surface area contributed by atoms with Crippen LogP contribution in [0.25, 0.3) is 10.9 Å². The van der Waals surface area contributed by atoms with Crippen molar-refractivity contribution in [1.82, 2.24) is 15.2 Å². The molecule has 1 fully saturated rings. The molecule has 140 valence electrons. The van der Waals surface area contributed by atoms with E-state index in [9.17, 15) is 14.0 Å². The van der Waals surface area contributed by atoms with Gasteiger partial charge in [0.05, 0.1) is 0 Å². The number of nitrogens with one attached hydrogen (secondary N) is 2. The summed E-state index contributed by atoms with van der Waals surface area (Å²) in [6.45, 7) is 6.59. The van der Waals surface area contributed by atoms with Gasteiger partial charge in [-0.15, -0.1) is 0 Å². The average Bonchev–Trinajstić information content (AvgIpc) is 2.97. The highest BCUT2D eigenvalue weighted by atomic mass is 19.1. The van der Waals surface area contributed by atoms with E-state index in [4.69, 9.17) is 4.74 Å². The SMILES string of the molecule is CC(C)(C)OC(=O)N1CCC(NC(=O)c2cc3cc(F)ccc3[nH]2)CC1. The van der Waals surface area contributed by atoms with Gasteiger partial charge < -0.3 is 19.9 Å². The Morgan fingerprint density at radius 1 is 1.23 bits per heavy atom. The first-order valence-corrected chi connectivity index (χ1v) is 8.78. The van der Waals surface area contributed by atoms with Crippen LogP contribution in [0.5, 0.6) is 0 Å². The van der Waals surface area contributed by atoms with E-state index >= 15 is 0 Å². The largest absolute Gasteiger partial charge is 0.444 e. The molecule has 1 aliphatic heterocycles. The minimum atomic E-state index is -0.517. The van der Waals surface area contributed by atoms with Crippen LogP contribution < -0.4 is 5.32 Å². The van der Waals surface area contributed by atoms with Gasteiger partial charge >= 0.3 is 6.09 Å². The van der Waals surface area contributed by atoms with Gasteiger partial charge in [-0.3, -0.25) is 4.79 Å². The van der Waals surface area contributed by atoms with Gasteiger partial charge in [0.15, 0.2) is 0 Å². The summed E-state index contributed by atoms with van der Waals surface area (Å²) in [5.74, 6) is -0.560. The summed E-state index contributed by atoms with van der Waals surface area (Å²) in [7, 11) is 0. The number of likely N-dealkylation sites (tertiary alicyclic amines) is 1. The molecule has 0 saturated carbocycles. The smallest absolute Gasteiger partial charge is 0.410 e. The van der Waals surface area contributed by atoms with Crippen LogP contribution in [0.1, 0.15) is 44.1 Å². The molecule has 0 atom stereocenters. The lowest BCUT2D eigenvalue weighted by molar-refractivity contribution is 0.0199. The third-order valence-corrected chi connectivity index (χ3v) is 4.31. The fraction of sp³-hybridized carbons (Fsp3) is 0.474. The Kier molecular flexibility index (Phi) is 4.89. The van der Waals surface area contributed by atoms with Gasteiger partial charge in [0.1, 0.15) is 17.1 Å². The Balaban J connectivity index is 1.55. The summed E-state index contributed by atoms with van der Waals surface area (Å²) in [4.78, 5) is 29.2. The number of amides is 2. The number of rotatable bonds is 2. The Hall–Kier alpha value is -2.57. The molecule has 0 radical (unpaired) electrons. The van der Waals surface area contributed by atoms with Gasteiger partial charge in [-0.05, 0) is 57.9 Å². The van der Waals surface area contributed by atoms with Crippen LogP contribution in [0.4, 0.5) is 9.18 Å². The third kappa shape index (κ3) is 4.33. The van der Waals surface area contributed by atoms with E-state index < -0.39 is 5.60 Å². The number of piperidine rings is 1. The molecule has 0 unspecified atom stereocenters. The molecule has 1 aliphatic rings. The Morgan fingerprint density at radius 2 is 1.92 bits per heavy atom. The lowest BCUT2D eigenvalue weighted by Crippen LogP contribution is -2.47. The molecule has 0 bridgehead atoms. The summed E-state index contributed by atoms with van der Waals surface area (Å²) in [5.41, 5.74) is 0.605. The third-order valence-electron chi connectivity index (χ3n) is 4.31. The molecule has 3 rings (SSSR count). The van der Waals surface area contributed by atoms with Crippen molar-refractivity contribution < 1.29 is 18.7 Å². The highest BCUT2D eigenvalue weighted by Crippen LogP contribution is 2.18. The van der Waals surface area contributed by atoms with Crippen LogP contribution in [-0.4, -0.2) is 46.6 Å². The number of aromatic amines is 1. The van der Waals surface area contributed by atoms with Crippen molar-refractivity contribution in [2.24, 2.45) is 0 Å². The minimum Gasteiger partial charge on any atom is -0.444 e. The number of carbonyl (C=O) groups excluding carboxylic acids is 2. The van der Waals surface area contributed by atoms with Crippen LogP contribution in [0.2, 0.25) is 0 Å². The topological polar surface area (TPSA) is 74.4 Å². The molecular weight excluding hydrogens is 337 g/mol. The molecule has 7 heteroatoms. The molecule has 6 nitrogen and oxygen atoms in total. The Labute approximate surface area is 151 Å². The molecule has 0 spiro atoms. The van der Waals surface area contributed by atoms with E-state index in [1.54, 1.807) is 17.0 Å². The van der Waals surface area contributed by atoms with Gasteiger partial charge in [0.25, 0.3) is 5.91 Å². The van der Waals surface area contributed by atoms with E-state index in [-0.39, 0.29) is 23.9 Å². The number of hydrogen-bond acceptors (Lipinski definition) is 3. The summed E-state index contributed by atoms with van der Waals surface area (Å²) in [6.07, 6.45) is 1.01. The predicted octanol–water partition coefficient (Wildman–Crippen LogP) is 3.44. The molecule has 1 aromatic heterocycles. The first kappa shape index (κ1) is 18.2. The van der Waals surface area contributed by atoms with Crippen molar-refractivity contribution in [3.63, 3.8) is 0 Å². The minimum absolute atomic E-state index is 0.00987. The molecule has 2 N–H and O–H groups in total. The normalized spacial score (nSPS) is 15.9. The van der Waals surface area contributed by atoms with Gasteiger partial charge in [-0.2, -0.15) is 0 Å². The number of ether oxygens (including phenoxy) is 1. The Bertz CT molecular complexity index is 817. The van der Waals surface area contributed by atoms with Crippen LogP contribution in [0, 0.1) is 5.82 Å². The first-order valence-electron chi connectivity index (χ1n) is 8.78. The van der Waals surface area contributed by atoms with Crippen molar-refractivity contribution in [1.29, 1.82) is 0 Å². The zero-order valence-electron chi connectivity index (χ0n) is 15.3. The average molecular weight is 361 g/mol. The maximum absolute atomic E-state index is 13.3. The number of fused-ring (bicyclic) bond motifs is 1. The highest BCUT2D eigenvalue weighted by Gasteiger charge is 2.27. The van der Waals surface area contributed by atoms with Crippen LogP contribution in [0.3, 0.4) is 0 Å². The molecule has 26 heavy (non-hydrogen) atoms. The van der Waals surface area contributed by atoms with Crippen LogP contribution in [0.15, 0.2) is 24.3 Å². The zero-order chi connectivity index (χ0) is 18.9. The second-order valence-corrected chi connectivity index (χ2v) is 7.63. The lowest BCUT2D eigenvalue weighted by atomic mass is 10.1. The molecular formula is C19H24FN3O3. The van der Waals surface area contributed by atoms with Crippen molar-refractivity contribution in [3.8, 4) is 0 Å². The van der Waals surface area contributed by atoms with E-state index in [0.29, 0.717) is 37.0 Å². The van der Waals surface area contributed by atoms with Gasteiger partial charge in [-0.1, -0.05) is 0 Å². The Morgan fingerprint density at radius 3 is 2.58 bits per heavy atom. The fourth-order valence-corrected chi connectivity index (χ4v) is 3.02. The maximum Gasteiger partial charge on any atom is 0.410 e. The molecule has 0 aliphatic carbocycles. The summed E-state index contributed by atoms with van der Waals surface area (Å²) >= 11 is 0. The van der Waals surface area contributed by atoms with Crippen molar-refractivity contribution in [3.05, 3.63) is 35.8 Å². The number of hydrogen-bond donors (Lipinski definition) is 2. The molecule has 2 heterocycles. The number of halogens is 1. The summed E-state index contributed by atoms with van der Waals surface area (Å²) in [6, 6.07) is 5.99. The second-order valence-electron chi connectivity index (χ2n) is 7.63. The highest BCUT2D eigenvalue weighted by molar-refractivity contribution is 5.98. The van der Waals surface area contributed by atoms with E-state index in [1.165, 1.54) is 12.1 Å². The number of carbonyl (C=O) groups is 2. The summed E-state index contributed by atoms with van der Waals surface area (Å²) in [5, 5.41) is 3.64. The van der Waals surface area contributed by atoms with Crippen molar-refractivity contribution in [2.75, 3.05) is 13.1 Å². The quantitative estimate of drug-likeness (QED) is 0.860. The van der Waals surface area contributed by atoms with Gasteiger partial charge in [-0.25, -0.2) is 9.18 Å². The lowest BCUT2D eigenvalue weighted by Gasteiger charge is -2.33. The zero-order valence-corrected chi connectivity index (χ0v) is 15.3. The number of benzene rings is 1. The molecule has 1 saturated heterocycles.